The number of hydrogen-bond acceptors (Lipinski definition) is 4. The van der Waals surface area contributed by atoms with Crippen LogP contribution in [0, 0.1) is 0 Å². The lowest BCUT2D eigenvalue weighted by molar-refractivity contribution is 0.0688. The lowest BCUT2D eigenvalue weighted by Gasteiger charge is -2.38. The number of fused-ring (bicyclic) bond motifs is 1. The van der Waals surface area contributed by atoms with Gasteiger partial charge in [-0.1, -0.05) is 18.2 Å². The van der Waals surface area contributed by atoms with Crippen LogP contribution in [0.3, 0.4) is 0 Å². The van der Waals surface area contributed by atoms with Crippen LogP contribution in [0.4, 0.5) is 0 Å². The van der Waals surface area contributed by atoms with E-state index in [1.807, 2.05) is 18.2 Å². The van der Waals surface area contributed by atoms with Crippen molar-refractivity contribution in [2.75, 3.05) is 40.5 Å². The van der Waals surface area contributed by atoms with Gasteiger partial charge >= 0.3 is 0 Å². The van der Waals surface area contributed by atoms with Gasteiger partial charge in [-0.2, -0.15) is 0 Å². The standard InChI is InChI=1S/C19H31N3O3.HI/c1-19(2)14-16(15-8-5-6-9-17(15)25-19)22-18(20-3)21-10-7-11-24-13-12-23-4;/h5-6,8-9,16H,7,10-14H2,1-4H3,(H2,20,21,22);1H. The third kappa shape index (κ3) is 7.28. The molecule has 0 bridgehead atoms. The number of aliphatic imine (C=N–C) groups is 1. The normalized spacial score (nSPS) is 18.3. The van der Waals surface area contributed by atoms with Crippen LogP contribution in [0.25, 0.3) is 0 Å². The minimum atomic E-state index is -0.208. The van der Waals surface area contributed by atoms with Crippen LogP contribution in [-0.2, 0) is 9.47 Å². The van der Waals surface area contributed by atoms with Gasteiger partial charge in [0.15, 0.2) is 5.96 Å². The molecule has 6 nitrogen and oxygen atoms in total. The Bertz CT molecular complexity index is 567. The van der Waals surface area contributed by atoms with Crippen molar-refractivity contribution in [3.05, 3.63) is 29.8 Å². The molecule has 0 fully saturated rings. The molecule has 0 saturated heterocycles. The monoisotopic (exact) mass is 477 g/mol. The fraction of sp³-hybridized carbons (Fsp3) is 0.632. The summed E-state index contributed by atoms with van der Waals surface area (Å²) in [6.45, 7) is 7.02. The average molecular weight is 477 g/mol. The zero-order chi connectivity index (χ0) is 18.1. The molecule has 1 aromatic carbocycles. The summed E-state index contributed by atoms with van der Waals surface area (Å²) in [6, 6.07) is 8.36. The Labute approximate surface area is 174 Å². The lowest BCUT2D eigenvalue weighted by atomic mass is 9.90. The van der Waals surface area contributed by atoms with E-state index in [-0.39, 0.29) is 35.6 Å². The quantitative estimate of drug-likeness (QED) is 0.261. The minimum Gasteiger partial charge on any atom is -0.487 e. The van der Waals surface area contributed by atoms with E-state index in [1.54, 1.807) is 14.2 Å². The van der Waals surface area contributed by atoms with Gasteiger partial charge in [0.05, 0.1) is 19.3 Å². The van der Waals surface area contributed by atoms with Crippen LogP contribution in [0.1, 0.15) is 38.3 Å². The number of guanidine groups is 1. The molecule has 0 radical (unpaired) electrons. The lowest BCUT2D eigenvalue weighted by Crippen LogP contribution is -2.45. The molecule has 0 amide bonds. The van der Waals surface area contributed by atoms with Crippen molar-refractivity contribution in [2.45, 2.75) is 38.3 Å². The summed E-state index contributed by atoms with van der Waals surface area (Å²) in [5.74, 6) is 1.74. The molecule has 1 unspecified atom stereocenters. The molecule has 26 heavy (non-hydrogen) atoms. The van der Waals surface area contributed by atoms with Crippen LogP contribution < -0.4 is 15.4 Å². The second-order valence-electron chi connectivity index (χ2n) is 6.76. The Morgan fingerprint density at radius 3 is 2.77 bits per heavy atom. The zero-order valence-corrected chi connectivity index (χ0v) is 18.5. The molecule has 2 rings (SSSR count). The van der Waals surface area contributed by atoms with Gasteiger partial charge in [-0.25, -0.2) is 0 Å². The predicted octanol–water partition coefficient (Wildman–Crippen LogP) is 3.12. The Kier molecular flexibility index (Phi) is 10.3. The molecule has 1 heterocycles. The van der Waals surface area contributed by atoms with Gasteiger partial charge in [0.2, 0.25) is 0 Å². The number of nitrogens with one attached hydrogen (secondary N) is 2. The Balaban J connectivity index is 0.00000338. The highest BCUT2D eigenvalue weighted by Crippen LogP contribution is 2.39. The number of methoxy groups -OCH3 is 1. The number of para-hydroxylation sites is 1. The molecule has 1 aliphatic rings. The summed E-state index contributed by atoms with van der Waals surface area (Å²) >= 11 is 0. The first kappa shape index (κ1) is 23.0. The predicted molar refractivity (Wildman–Crippen MR) is 116 cm³/mol. The highest BCUT2D eigenvalue weighted by atomic mass is 127. The summed E-state index contributed by atoms with van der Waals surface area (Å²) in [5, 5.41) is 6.88. The number of benzene rings is 1. The van der Waals surface area contributed by atoms with Crippen molar-refractivity contribution < 1.29 is 14.2 Å². The smallest absolute Gasteiger partial charge is 0.191 e. The Morgan fingerprint density at radius 1 is 1.27 bits per heavy atom. The van der Waals surface area contributed by atoms with Crippen molar-refractivity contribution in [1.82, 2.24) is 10.6 Å². The first-order chi connectivity index (χ1) is 12.1. The Hall–Kier alpha value is -1.06. The molecule has 1 aromatic rings. The SMILES string of the molecule is CN=C(NCCCOCCOC)NC1CC(C)(C)Oc2ccccc21.I. The summed E-state index contributed by atoms with van der Waals surface area (Å²) in [7, 11) is 3.47. The third-order valence-electron chi connectivity index (χ3n) is 4.10. The summed E-state index contributed by atoms with van der Waals surface area (Å²) in [6.07, 6.45) is 1.80. The molecule has 2 N–H and O–H groups in total. The highest BCUT2D eigenvalue weighted by Gasteiger charge is 2.33. The molecule has 1 atom stereocenters. The highest BCUT2D eigenvalue weighted by molar-refractivity contribution is 14.0. The maximum absolute atomic E-state index is 6.08. The van der Waals surface area contributed by atoms with Gasteiger partial charge in [-0.3, -0.25) is 4.99 Å². The summed E-state index contributed by atoms with van der Waals surface area (Å²) < 4.78 is 16.5. The van der Waals surface area contributed by atoms with E-state index < -0.39 is 0 Å². The van der Waals surface area contributed by atoms with Crippen molar-refractivity contribution in [3.8, 4) is 5.75 Å². The molecule has 0 spiro atoms. The second kappa shape index (κ2) is 11.6. The van der Waals surface area contributed by atoms with Gasteiger partial charge in [0, 0.05) is 39.3 Å². The third-order valence-corrected chi connectivity index (χ3v) is 4.10. The molecule has 7 heteroatoms. The molecular weight excluding hydrogens is 445 g/mol. The zero-order valence-electron chi connectivity index (χ0n) is 16.2. The fourth-order valence-corrected chi connectivity index (χ4v) is 2.92. The number of nitrogens with zero attached hydrogens (tertiary/aromatic N) is 1. The van der Waals surface area contributed by atoms with Crippen molar-refractivity contribution in [1.29, 1.82) is 0 Å². The molecule has 148 valence electrons. The van der Waals surface area contributed by atoms with Crippen LogP contribution in [0.5, 0.6) is 5.75 Å². The van der Waals surface area contributed by atoms with Crippen molar-refractivity contribution in [3.63, 3.8) is 0 Å². The number of halogens is 1. The van der Waals surface area contributed by atoms with E-state index in [1.165, 1.54) is 5.56 Å². The first-order valence-corrected chi connectivity index (χ1v) is 8.87. The maximum Gasteiger partial charge on any atom is 0.191 e. The van der Waals surface area contributed by atoms with Crippen LogP contribution >= 0.6 is 24.0 Å². The largest absolute Gasteiger partial charge is 0.487 e. The molecular formula is C19H32IN3O3. The van der Waals surface area contributed by atoms with Crippen molar-refractivity contribution >= 4 is 29.9 Å². The van der Waals surface area contributed by atoms with Crippen molar-refractivity contribution in [2.24, 2.45) is 4.99 Å². The van der Waals surface area contributed by atoms with E-state index in [4.69, 9.17) is 14.2 Å². The van der Waals surface area contributed by atoms with Crippen LogP contribution in [-0.4, -0.2) is 52.1 Å². The summed E-state index contributed by atoms with van der Waals surface area (Å²) in [4.78, 5) is 4.34. The minimum absolute atomic E-state index is 0. The first-order valence-electron chi connectivity index (χ1n) is 8.87. The molecule has 0 aliphatic carbocycles. The van der Waals surface area contributed by atoms with E-state index in [9.17, 15) is 0 Å². The van der Waals surface area contributed by atoms with Gasteiger partial charge in [0.1, 0.15) is 11.4 Å². The number of rotatable bonds is 8. The molecule has 0 aromatic heterocycles. The second-order valence-corrected chi connectivity index (χ2v) is 6.76. The van der Waals surface area contributed by atoms with Gasteiger partial charge < -0.3 is 24.8 Å². The molecule has 1 aliphatic heterocycles. The van der Waals surface area contributed by atoms with Crippen LogP contribution in [0.2, 0.25) is 0 Å². The topological polar surface area (TPSA) is 64.1 Å². The Morgan fingerprint density at radius 2 is 2.04 bits per heavy atom. The van der Waals surface area contributed by atoms with E-state index in [0.29, 0.717) is 19.8 Å². The molecule has 0 saturated carbocycles. The van der Waals surface area contributed by atoms with Gasteiger partial charge in [-0.15, -0.1) is 24.0 Å². The van der Waals surface area contributed by atoms with E-state index in [0.717, 1.165) is 31.1 Å². The van der Waals surface area contributed by atoms with E-state index in [2.05, 4.69) is 35.5 Å². The number of ether oxygens (including phenoxy) is 3. The van der Waals surface area contributed by atoms with Gasteiger partial charge in [-0.05, 0) is 26.3 Å². The average Bonchev–Trinajstić information content (AvgIpc) is 2.58. The number of hydrogen-bond donors (Lipinski definition) is 2. The fourth-order valence-electron chi connectivity index (χ4n) is 2.92. The maximum atomic E-state index is 6.08. The summed E-state index contributed by atoms with van der Waals surface area (Å²) in [5.41, 5.74) is 0.965. The van der Waals surface area contributed by atoms with Gasteiger partial charge in [0.25, 0.3) is 0 Å². The van der Waals surface area contributed by atoms with E-state index >= 15 is 0 Å². The van der Waals surface area contributed by atoms with Crippen LogP contribution in [0.15, 0.2) is 29.3 Å².